The number of allylic oxidation sites excluding steroid dienone is 1. The number of hydrogen-bond donors (Lipinski definition) is 0. The molecule has 9 heteroatoms. The third-order valence-electron chi connectivity index (χ3n) is 5.53. The number of benzene rings is 2. The lowest BCUT2D eigenvalue weighted by atomic mass is 9.95. The van der Waals surface area contributed by atoms with Crippen LogP contribution in [-0.2, 0) is 9.53 Å². The molecule has 0 bridgehead atoms. The topological polar surface area (TPSA) is 69.9 Å². The van der Waals surface area contributed by atoms with Crippen LogP contribution in [0.3, 0.4) is 0 Å². The first-order valence-electron chi connectivity index (χ1n) is 11.1. The predicted octanol–water partition coefficient (Wildman–Crippen LogP) is 4.53. The highest BCUT2D eigenvalue weighted by molar-refractivity contribution is 9.10. The molecule has 0 saturated carbocycles. The van der Waals surface area contributed by atoms with E-state index < -0.39 is 12.0 Å². The van der Waals surface area contributed by atoms with Gasteiger partial charge in [0.1, 0.15) is 12.4 Å². The molecule has 0 N–H and O–H groups in total. The van der Waals surface area contributed by atoms with Crippen molar-refractivity contribution in [2.75, 3.05) is 13.2 Å². The van der Waals surface area contributed by atoms with E-state index in [0.717, 1.165) is 11.1 Å². The molecule has 0 amide bonds. The van der Waals surface area contributed by atoms with E-state index in [1.807, 2.05) is 31.2 Å². The summed E-state index contributed by atoms with van der Waals surface area (Å²) in [4.78, 5) is 31.9. The van der Waals surface area contributed by atoms with Crippen molar-refractivity contribution in [1.82, 2.24) is 4.57 Å². The Morgan fingerprint density at radius 1 is 1.31 bits per heavy atom. The van der Waals surface area contributed by atoms with E-state index in [1.54, 1.807) is 36.6 Å². The van der Waals surface area contributed by atoms with Crippen LogP contribution in [0.5, 0.6) is 5.75 Å². The van der Waals surface area contributed by atoms with E-state index >= 15 is 0 Å². The first kappa shape index (κ1) is 26.0. The van der Waals surface area contributed by atoms with Crippen molar-refractivity contribution in [2.45, 2.75) is 26.8 Å². The first-order valence-corrected chi connectivity index (χ1v) is 13.1. The Morgan fingerprint density at radius 2 is 2.03 bits per heavy atom. The summed E-state index contributed by atoms with van der Waals surface area (Å²) >= 11 is 11.0. The summed E-state index contributed by atoms with van der Waals surface area (Å²) in [7, 11) is 0. The molecule has 6 nitrogen and oxygen atoms in total. The molecule has 4 rings (SSSR count). The maximum Gasteiger partial charge on any atom is 0.338 e. The maximum absolute atomic E-state index is 13.8. The zero-order valence-electron chi connectivity index (χ0n) is 19.8. The third-order valence-corrected chi connectivity index (χ3v) is 7.32. The Bertz CT molecular complexity index is 1600. The van der Waals surface area contributed by atoms with Crippen LogP contribution in [-0.4, -0.2) is 23.8 Å². The third kappa shape index (κ3) is 5.05. The zero-order chi connectivity index (χ0) is 26.0. The fraction of sp³-hybridized carbons (Fsp3) is 0.222. The second-order valence-corrected chi connectivity index (χ2v) is 10.3. The second kappa shape index (κ2) is 10.9. The average Bonchev–Trinajstić information content (AvgIpc) is 3.12. The number of halogens is 2. The molecule has 1 aliphatic rings. The van der Waals surface area contributed by atoms with Crippen LogP contribution in [0.1, 0.15) is 36.6 Å². The Labute approximate surface area is 225 Å². The fourth-order valence-corrected chi connectivity index (χ4v) is 5.94. The van der Waals surface area contributed by atoms with E-state index in [1.165, 1.54) is 11.3 Å². The van der Waals surface area contributed by atoms with Crippen molar-refractivity contribution in [2.24, 2.45) is 4.99 Å². The van der Waals surface area contributed by atoms with E-state index in [-0.39, 0.29) is 18.8 Å². The molecule has 2 heterocycles. The summed E-state index contributed by atoms with van der Waals surface area (Å²) in [5.74, 6) is 2.42. The number of thiazole rings is 1. The van der Waals surface area contributed by atoms with Crippen LogP contribution >= 0.6 is 38.9 Å². The smallest absolute Gasteiger partial charge is 0.338 e. The van der Waals surface area contributed by atoms with Gasteiger partial charge in [0.2, 0.25) is 0 Å². The number of ether oxygens (including phenoxy) is 2. The fourth-order valence-electron chi connectivity index (χ4n) is 3.95. The summed E-state index contributed by atoms with van der Waals surface area (Å²) in [6.45, 7) is 5.74. The van der Waals surface area contributed by atoms with Crippen LogP contribution in [0.2, 0.25) is 5.02 Å². The van der Waals surface area contributed by atoms with Crippen LogP contribution < -0.4 is 19.6 Å². The highest BCUT2D eigenvalue weighted by Gasteiger charge is 2.33. The minimum Gasteiger partial charge on any atom is -0.479 e. The molecule has 36 heavy (non-hydrogen) atoms. The number of carbonyl (C=O) groups is 1. The van der Waals surface area contributed by atoms with Crippen molar-refractivity contribution in [1.29, 1.82) is 0 Å². The normalized spacial score (nSPS) is 15.2. The minimum atomic E-state index is -0.675. The largest absolute Gasteiger partial charge is 0.479 e. The molecule has 0 radical (unpaired) electrons. The number of aryl methyl sites for hydroxylation is 1. The van der Waals surface area contributed by atoms with Gasteiger partial charge in [0.15, 0.2) is 4.80 Å². The molecule has 0 fully saturated rings. The van der Waals surface area contributed by atoms with Crippen LogP contribution in [0.15, 0.2) is 61.9 Å². The van der Waals surface area contributed by atoms with Gasteiger partial charge in [0.25, 0.3) is 5.56 Å². The summed E-state index contributed by atoms with van der Waals surface area (Å²) in [6.07, 6.45) is 7.06. The van der Waals surface area contributed by atoms with Crippen molar-refractivity contribution in [3.63, 3.8) is 0 Å². The number of fused-ring (bicyclic) bond motifs is 1. The highest BCUT2D eigenvalue weighted by atomic mass is 79.9. The minimum absolute atomic E-state index is 0.0534. The second-order valence-electron chi connectivity index (χ2n) is 8.01. The Morgan fingerprint density at radius 3 is 2.69 bits per heavy atom. The summed E-state index contributed by atoms with van der Waals surface area (Å²) < 4.78 is 13.6. The lowest BCUT2D eigenvalue weighted by Gasteiger charge is -2.24. The van der Waals surface area contributed by atoms with Gasteiger partial charge >= 0.3 is 5.97 Å². The van der Waals surface area contributed by atoms with Gasteiger partial charge < -0.3 is 9.47 Å². The van der Waals surface area contributed by atoms with Crippen LogP contribution in [0.4, 0.5) is 0 Å². The van der Waals surface area contributed by atoms with Gasteiger partial charge in [-0.05, 0) is 60.5 Å². The van der Waals surface area contributed by atoms with Gasteiger partial charge in [-0.1, -0.05) is 58.7 Å². The van der Waals surface area contributed by atoms with E-state index in [0.29, 0.717) is 41.4 Å². The lowest BCUT2D eigenvalue weighted by molar-refractivity contribution is -0.139. The maximum atomic E-state index is 13.8. The van der Waals surface area contributed by atoms with Gasteiger partial charge in [-0.25, -0.2) is 9.79 Å². The highest BCUT2D eigenvalue weighted by Crippen LogP contribution is 2.34. The van der Waals surface area contributed by atoms with E-state index in [9.17, 15) is 9.59 Å². The molecular formula is C27H22BrClN2O4S. The molecule has 184 valence electrons. The molecule has 1 aromatic heterocycles. The molecule has 0 saturated heterocycles. The van der Waals surface area contributed by atoms with Gasteiger partial charge in [0, 0.05) is 10.6 Å². The number of aromatic nitrogens is 1. The Balaban J connectivity index is 1.96. The SMILES string of the molecule is C#CCOc1c(Br)cc(Cl)cc1/C=c1\sc2n(c1=O)[C@@H](c1ccc(C)cc1)C(C(=O)OCC)=C(C)N=2. The quantitative estimate of drug-likeness (QED) is 0.315. The number of rotatable bonds is 6. The summed E-state index contributed by atoms with van der Waals surface area (Å²) in [5.41, 5.74) is 2.99. The Hall–Kier alpha value is -3.12. The molecular weight excluding hydrogens is 564 g/mol. The van der Waals surface area contributed by atoms with Gasteiger partial charge in [-0.2, -0.15) is 0 Å². The molecule has 3 aromatic rings. The number of esters is 1. The Kier molecular flexibility index (Phi) is 7.84. The van der Waals surface area contributed by atoms with Crippen molar-refractivity contribution in [3.8, 4) is 18.1 Å². The molecule has 0 unspecified atom stereocenters. The van der Waals surface area contributed by atoms with Gasteiger partial charge in [-0.15, -0.1) is 6.42 Å². The van der Waals surface area contributed by atoms with Crippen molar-refractivity contribution < 1.29 is 14.3 Å². The van der Waals surface area contributed by atoms with E-state index in [4.69, 9.17) is 27.5 Å². The van der Waals surface area contributed by atoms with E-state index in [2.05, 4.69) is 26.8 Å². The van der Waals surface area contributed by atoms with Crippen LogP contribution in [0.25, 0.3) is 6.08 Å². The van der Waals surface area contributed by atoms with Crippen molar-refractivity contribution >= 4 is 50.9 Å². The molecule has 2 aromatic carbocycles. The molecule has 0 aliphatic carbocycles. The average molecular weight is 586 g/mol. The van der Waals surface area contributed by atoms with Gasteiger partial charge in [0.05, 0.1) is 32.9 Å². The first-order chi connectivity index (χ1) is 17.2. The number of nitrogens with zero attached hydrogens (tertiary/aromatic N) is 2. The van der Waals surface area contributed by atoms with Gasteiger partial charge in [-0.3, -0.25) is 9.36 Å². The number of hydrogen-bond acceptors (Lipinski definition) is 6. The summed E-state index contributed by atoms with van der Waals surface area (Å²) in [6, 6.07) is 10.4. The number of carbonyl (C=O) groups excluding carboxylic acids is 1. The predicted molar refractivity (Wildman–Crippen MR) is 145 cm³/mol. The van der Waals surface area contributed by atoms with Crippen molar-refractivity contribution in [3.05, 3.63) is 93.5 Å². The lowest BCUT2D eigenvalue weighted by Crippen LogP contribution is -2.39. The monoisotopic (exact) mass is 584 g/mol. The number of terminal acetylenes is 1. The molecule has 1 aliphatic heterocycles. The molecule has 0 spiro atoms. The standard InChI is InChI=1S/C27H22BrClN2O4S/c1-5-11-35-24-18(12-19(29)14-20(24)28)13-21-25(32)31-23(17-9-7-15(3)8-10-17)22(26(33)34-6-2)16(4)30-27(31)36-21/h1,7-10,12-14,23H,6,11H2,2-4H3/b21-13-/t23-/m0/s1. The zero-order valence-corrected chi connectivity index (χ0v) is 23.0. The molecule has 1 atom stereocenters. The van der Waals surface area contributed by atoms with Crippen LogP contribution in [0, 0.1) is 19.3 Å². The summed E-state index contributed by atoms with van der Waals surface area (Å²) in [5, 5.41) is 0.465.